The molecule has 0 spiro atoms. The van der Waals surface area contributed by atoms with Crippen LogP contribution in [-0.2, 0) is 4.79 Å². The van der Waals surface area contributed by atoms with Gasteiger partial charge in [0.2, 0.25) is 0 Å². The van der Waals surface area contributed by atoms with Crippen LogP contribution < -0.4 is 5.73 Å². The third-order valence-electron chi connectivity index (χ3n) is 9.22. The van der Waals surface area contributed by atoms with E-state index in [-0.39, 0.29) is 11.2 Å². The predicted octanol–water partition coefficient (Wildman–Crippen LogP) is 4.05. The molecule has 140 valence electrons. The third-order valence-corrected chi connectivity index (χ3v) is 9.22. The van der Waals surface area contributed by atoms with E-state index >= 15 is 0 Å². The molecule has 3 fully saturated rings. The van der Waals surface area contributed by atoms with Gasteiger partial charge in [0, 0.05) is 13.0 Å². The monoisotopic (exact) mass is 345 g/mol. The molecule has 0 aliphatic heterocycles. The quantitative estimate of drug-likeness (QED) is 0.793. The zero-order valence-electron chi connectivity index (χ0n) is 16.2. The number of allylic oxidation sites excluding steroid dienone is 1. The Morgan fingerprint density at radius 3 is 2.60 bits per heavy atom. The Morgan fingerprint density at radius 1 is 1.12 bits per heavy atom. The summed E-state index contributed by atoms with van der Waals surface area (Å²) in [6.45, 7) is 7.49. The molecule has 7 atom stereocenters. The van der Waals surface area contributed by atoms with Gasteiger partial charge in [-0.2, -0.15) is 0 Å². The molecule has 0 amide bonds. The number of aliphatic hydroxyl groups is 1. The van der Waals surface area contributed by atoms with Crippen molar-refractivity contribution in [3.63, 3.8) is 0 Å². The molecule has 3 nitrogen and oxygen atoms in total. The van der Waals surface area contributed by atoms with Crippen LogP contribution in [0.1, 0.15) is 72.1 Å². The maximum atomic E-state index is 12.1. The molecule has 0 aromatic heterocycles. The normalized spacial score (nSPS) is 47.9. The number of aliphatic hydroxyl groups excluding tert-OH is 1. The van der Waals surface area contributed by atoms with Crippen molar-refractivity contribution in [3.05, 3.63) is 11.3 Å². The second-order valence-corrected chi connectivity index (χ2v) is 10.0. The standard InChI is InChI=1S/C22H35NO2/c1-13(12-24)15-6-7-16-14-4-5-18-20(23)19(25)9-11-22(18,3)17(14)8-10-21(15,16)2/h13-17,24H,4-12,23H2,1-3H3/t13?,14-,15+,16-,17-,21+,22+/m0/s1. The summed E-state index contributed by atoms with van der Waals surface area (Å²) in [5.74, 6) is 3.55. The number of carbonyl (C=O) groups is 1. The lowest BCUT2D eigenvalue weighted by Gasteiger charge is -2.58. The molecule has 0 aromatic carbocycles. The van der Waals surface area contributed by atoms with E-state index in [1.807, 2.05) is 0 Å². The van der Waals surface area contributed by atoms with Crippen LogP contribution in [0.3, 0.4) is 0 Å². The molecule has 0 bridgehead atoms. The van der Waals surface area contributed by atoms with E-state index < -0.39 is 0 Å². The molecule has 0 aromatic rings. The van der Waals surface area contributed by atoms with Gasteiger partial charge < -0.3 is 10.8 Å². The molecule has 0 saturated heterocycles. The van der Waals surface area contributed by atoms with Gasteiger partial charge in [-0.1, -0.05) is 20.8 Å². The fourth-order valence-electron chi connectivity index (χ4n) is 7.86. The lowest BCUT2D eigenvalue weighted by molar-refractivity contribution is -0.119. The Labute approximate surface area is 152 Å². The first-order valence-electron chi connectivity index (χ1n) is 10.5. The minimum absolute atomic E-state index is 0.156. The number of ketones is 1. The van der Waals surface area contributed by atoms with Crippen LogP contribution >= 0.6 is 0 Å². The predicted molar refractivity (Wildman–Crippen MR) is 99.6 cm³/mol. The molecule has 3 saturated carbocycles. The summed E-state index contributed by atoms with van der Waals surface area (Å²) in [7, 11) is 0. The molecule has 1 unspecified atom stereocenters. The maximum absolute atomic E-state index is 12.1. The SMILES string of the molecule is CC(CO)[C@H]1CC[C@H]2[C@@H]3CCC4=C(N)C(=O)CC[C@]4(C)[C@H]3CC[C@]12C. The summed E-state index contributed by atoms with van der Waals surface area (Å²) in [5, 5.41) is 9.73. The van der Waals surface area contributed by atoms with E-state index in [1.54, 1.807) is 0 Å². The molecule has 3 heteroatoms. The maximum Gasteiger partial charge on any atom is 0.178 e. The Hall–Kier alpha value is -0.830. The van der Waals surface area contributed by atoms with Crippen molar-refractivity contribution < 1.29 is 9.90 Å². The Balaban J connectivity index is 1.66. The van der Waals surface area contributed by atoms with Crippen molar-refractivity contribution in [3.8, 4) is 0 Å². The highest BCUT2D eigenvalue weighted by Crippen LogP contribution is 2.67. The van der Waals surface area contributed by atoms with Gasteiger partial charge in [-0.25, -0.2) is 0 Å². The van der Waals surface area contributed by atoms with Crippen molar-refractivity contribution in [2.45, 2.75) is 72.1 Å². The summed E-state index contributed by atoms with van der Waals surface area (Å²) >= 11 is 0. The van der Waals surface area contributed by atoms with Crippen LogP contribution in [0.5, 0.6) is 0 Å². The molecule has 4 aliphatic carbocycles. The lowest BCUT2D eigenvalue weighted by atomic mass is 9.46. The van der Waals surface area contributed by atoms with Crippen molar-refractivity contribution in [1.82, 2.24) is 0 Å². The van der Waals surface area contributed by atoms with Crippen molar-refractivity contribution in [2.75, 3.05) is 6.61 Å². The first-order valence-corrected chi connectivity index (χ1v) is 10.5. The van der Waals surface area contributed by atoms with E-state index in [0.717, 1.165) is 24.7 Å². The van der Waals surface area contributed by atoms with Crippen LogP contribution in [0.25, 0.3) is 0 Å². The molecule has 0 radical (unpaired) electrons. The Bertz CT molecular complexity index is 611. The molecule has 4 aliphatic rings. The van der Waals surface area contributed by atoms with Crippen LogP contribution in [0.2, 0.25) is 0 Å². The van der Waals surface area contributed by atoms with Gasteiger partial charge in [0.1, 0.15) is 0 Å². The van der Waals surface area contributed by atoms with Crippen molar-refractivity contribution in [1.29, 1.82) is 0 Å². The first kappa shape index (κ1) is 17.6. The summed E-state index contributed by atoms with van der Waals surface area (Å²) in [6.07, 6.45) is 9.05. The lowest BCUT2D eigenvalue weighted by Crippen LogP contribution is -2.52. The zero-order chi connectivity index (χ0) is 18.0. The molecule has 3 N–H and O–H groups in total. The molecule has 4 rings (SSSR count). The summed E-state index contributed by atoms with van der Waals surface area (Å²) in [5.41, 5.74) is 8.72. The summed E-state index contributed by atoms with van der Waals surface area (Å²) in [4.78, 5) is 12.1. The Morgan fingerprint density at radius 2 is 1.88 bits per heavy atom. The van der Waals surface area contributed by atoms with Crippen LogP contribution in [0, 0.1) is 40.4 Å². The zero-order valence-corrected chi connectivity index (χ0v) is 16.2. The first-order chi connectivity index (χ1) is 11.8. The van der Waals surface area contributed by atoms with Crippen LogP contribution in [-0.4, -0.2) is 17.5 Å². The van der Waals surface area contributed by atoms with Gasteiger partial charge in [-0.15, -0.1) is 0 Å². The minimum atomic E-state index is 0.156. The number of carbonyl (C=O) groups excluding carboxylic acids is 1. The smallest absolute Gasteiger partial charge is 0.178 e. The van der Waals surface area contributed by atoms with Crippen molar-refractivity contribution in [2.24, 2.45) is 46.2 Å². The van der Waals surface area contributed by atoms with Gasteiger partial charge >= 0.3 is 0 Å². The highest BCUT2D eigenvalue weighted by Gasteiger charge is 2.59. The molecule has 0 heterocycles. The van der Waals surface area contributed by atoms with Gasteiger partial charge in [-0.05, 0) is 90.9 Å². The van der Waals surface area contributed by atoms with Gasteiger partial charge in [0.15, 0.2) is 5.78 Å². The highest BCUT2D eigenvalue weighted by molar-refractivity contribution is 5.96. The number of nitrogens with two attached hydrogens (primary N) is 1. The average Bonchev–Trinajstić information content (AvgIpc) is 2.95. The van der Waals surface area contributed by atoms with Gasteiger partial charge in [0.25, 0.3) is 0 Å². The Kier molecular flexibility index (Phi) is 4.10. The fraction of sp³-hybridized carbons (Fsp3) is 0.864. The van der Waals surface area contributed by atoms with E-state index in [2.05, 4.69) is 20.8 Å². The molecular weight excluding hydrogens is 310 g/mol. The number of Topliss-reactive ketones (excluding diaryl/α,β-unsaturated/α-hetero) is 1. The fourth-order valence-corrected chi connectivity index (χ4v) is 7.86. The van der Waals surface area contributed by atoms with Gasteiger partial charge in [-0.3, -0.25) is 4.79 Å². The third kappa shape index (κ3) is 2.30. The average molecular weight is 346 g/mol. The highest BCUT2D eigenvalue weighted by atomic mass is 16.3. The molecular formula is C22H35NO2. The molecule has 25 heavy (non-hydrogen) atoms. The number of fused-ring (bicyclic) bond motifs is 5. The van der Waals surface area contributed by atoms with Crippen LogP contribution in [0.15, 0.2) is 11.3 Å². The summed E-state index contributed by atoms with van der Waals surface area (Å²) < 4.78 is 0. The second-order valence-electron chi connectivity index (χ2n) is 10.0. The van der Waals surface area contributed by atoms with E-state index in [1.165, 1.54) is 37.7 Å². The largest absolute Gasteiger partial charge is 0.396 e. The van der Waals surface area contributed by atoms with Gasteiger partial charge in [0.05, 0.1) is 5.70 Å². The van der Waals surface area contributed by atoms with Crippen LogP contribution in [0.4, 0.5) is 0 Å². The number of hydrogen-bond acceptors (Lipinski definition) is 3. The van der Waals surface area contributed by atoms with E-state index in [0.29, 0.717) is 41.9 Å². The van der Waals surface area contributed by atoms with Crippen molar-refractivity contribution >= 4 is 5.78 Å². The van der Waals surface area contributed by atoms with E-state index in [9.17, 15) is 9.90 Å². The minimum Gasteiger partial charge on any atom is -0.396 e. The second kappa shape index (κ2) is 5.84. The summed E-state index contributed by atoms with van der Waals surface area (Å²) in [6, 6.07) is 0. The topological polar surface area (TPSA) is 63.3 Å². The van der Waals surface area contributed by atoms with E-state index in [4.69, 9.17) is 5.73 Å². The number of rotatable bonds is 2. The number of hydrogen-bond donors (Lipinski definition) is 2.